The Morgan fingerprint density at radius 1 is 1.38 bits per heavy atom. The summed E-state index contributed by atoms with van der Waals surface area (Å²) in [5, 5.41) is 7.12. The fraction of sp³-hybridized carbons (Fsp3) is 0.429. The molecule has 0 amide bonds. The first-order valence-electron chi connectivity index (χ1n) is 6.94. The van der Waals surface area contributed by atoms with E-state index >= 15 is 0 Å². The summed E-state index contributed by atoms with van der Waals surface area (Å²) in [4.78, 5) is 6.58. The van der Waals surface area contributed by atoms with Gasteiger partial charge in [-0.25, -0.2) is 4.39 Å². The van der Waals surface area contributed by atoms with Crippen LogP contribution in [0.2, 0.25) is 0 Å². The van der Waals surface area contributed by atoms with E-state index in [1.807, 2.05) is 0 Å². The van der Waals surface area contributed by atoms with E-state index in [0.29, 0.717) is 11.8 Å². The van der Waals surface area contributed by atoms with Gasteiger partial charge in [0.1, 0.15) is 0 Å². The third-order valence-corrected chi connectivity index (χ3v) is 3.72. The van der Waals surface area contributed by atoms with Gasteiger partial charge in [0.2, 0.25) is 5.95 Å². The maximum atomic E-state index is 13.4. The van der Waals surface area contributed by atoms with Crippen LogP contribution in [0.4, 0.5) is 10.3 Å². The first-order chi connectivity index (χ1) is 10.2. The van der Waals surface area contributed by atoms with E-state index < -0.39 is 5.82 Å². The summed E-state index contributed by atoms with van der Waals surface area (Å²) in [7, 11) is 1.44. The number of ether oxygens (including phenoxy) is 1. The Balaban J connectivity index is 1.81. The number of nitrogens with zero attached hydrogens (tertiary/aromatic N) is 3. The number of piperidine rings is 1. The molecule has 3 rings (SSSR count). The molecule has 1 fully saturated rings. The van der Waals surface area contributed by atoms with Crippen molar-refractivity contribution in [2.24, 2.45) is 5.73 Å². The molecule has 1 aromatic heterocycles. The van der Waals surface area contributed by atoms with Gasteiger partial charge in [0.05, 0.1) is 7.11 Å². The molecule has 3 N–H and O–H groups in total. The van der Waals surface area contributed by atoms with Crippen LogP contribution in [0.25, 0.3) is 11.4 Å². The number of halogens is 1. The second-order valence-electron chi connectivity index (χ2n) is 5.16. The minimum atomic E-state index is -0.397. The molecule has 0 radical (unpaired) electrons. The van der Waals surface area contributed by atoms with E-state index in [4.69, 9.17) is 10.5 Å². The van der Waals surface area contributed by atoms with Crippen LogP contribution in [0.1, 0.15) is 12.8 Å². The third kappa shape index (κ3) is 2.82. The van der Waals surface area contributed by atoms with Crippen molar-refractivity contribution in [2.45, 2.75) is 18.9 Å². The van der Waals surface area contributed by atoms with Gasteiger partial charge in [0.15, 0.2) is 17.4 Å². The Hall–Kier alpha value is -2.15. The molecule has 2 aromatic rings. The van der Waals surface area contributed by atoms with E-state index in [2.05, 4.69) is 20.1 Å². The lowest BCUT2D eigenvalue weighted by atomic mass is 10.1. The van der Waals surface area contributed by atoms with Crippen molar-refractivity contribution in [1.29, 1.82) is 0 Å². The number of hydrogen-bond acceptors (Lipinski definition) is 5. The predicted octanol–water partition coefficient (Wildman–Crippen LogP) is 1.55. The largest absolute Gasteiger partial charge is 0.494 e. The van der Waals surface area contributed by atoms with Crippen LogP contribution in [-0.4, -0.2) is 41.4 Å². The third-order valence-electron chi connectivity index (χ3n) is 3.72. The zero-order chi connectivity index (χ0) is 14.8. The van der Waals surface area contributed by atoms with Crippen LogP contribution in [0, 0.1) is 5.82 Å². The summed E-state index contributed by atoms with van der Waals surface area (Å²) in [5.41, 5.74) is 6.63. The smallest absolute Gasteiger partial charge is 0.245 e. The number of aromatic amines is 1. The molecular weight excluding hydrogens is 273 g/mol. The molecule has 2 heterocycles. The minimum Gasteiger partial charge on any atom is -0.494 e. The van der Waals surface area contributed by atoms with Gasteiger partial charge < -0.3 is 15.4 Å². The normalized spacial score (nSPS) is 16.2. The SMILES string of the molecule is COc1cc(-c2nc(N3CCC(N)CC3)n[nH]2)ccc1F. The molecular formula is C14H18FN5O. The zero-order valence-corrected chi connectivity index (χ0v) is 11.8. The van der Waals surface area contributed by atoms with Gasteiger partial charge in [-0.05, 0) is 31.0 Å². The van der Waals surface area contributed by atoms with Crippen LogP contribution >= 0.6 is 0 Å². The molecule has 0 saturated carbocycles. The second-order valence-corrected chi connectivity index (χ2v) is 5.16. The van der Waals surface area contributed by atoms with E-state index in [-0.39, 0.29) is 11.8 Å². The van der Waals surface area contributed by atoms with Gasteiger partial charge in [-0.2, -0.15) is 4.98 Å². The number of benzene rings is 1. The van der Waals surface area contributed by atoms with Crippen LogP contribution in [0.5, 0.6) is 5.75 Å². The molecule has 0 spiro atoms. The molecule has 7 heteroatoms. The Labute approximate surface area is 122 Å². The number of nitrogens with one attached hydrogen (secondary N) is 1. The summed E-state index contributed by atoms with van der Waals surface area (Å²) < 4.78 is 18.4. The lowest BCUT2D eigenvalue weighted by Gasteiger charge is -2.28. The van der Waals surface area contributed by atoms with Gasteiger partial charge in [-0.1, -0.05) is 0 Å². The second kappa shape index (κ2) is 5.69. The summed E-state index contributed by atoms with van der Waals surface area (Å²) in [6, 6.07) is 4.87. The quantitative estimate of drug-likeness (QED) is 0.897. The van der Waals surface area contributed by atoms with Crippen LogP contribution in [0.3, 0.4) is 0 Å². The number of rotatable bonds is 3. The Kier molecular flexibility index (Phi) is 3.74. The van der Waals surface area contributed by atoms with E-state index in [0.717, 1.165) is 31.5 Å². The topological polar surface area (TPSA) is 80.1 Å². The standard InChI is InChI=1S/C14H18FN5O/c1-21-12-8-9(2-3-11(12)15)13-17-14(19-18-13)20-6-4-10(16)5-7-20/h2-3,8,10H,4-7,16H2,1H3,(H,17,18,19). The molecule has 0 bridgehead atoms. The highest BCUT2D eigenvalue weighted by atomic mass is 19.1. The van der Waals surface area contributed by atoms with Crippen LogP contribution < -0.4 is 15.4 Å². The lowest BCUT2D eigenvalue weighted by molar-refractivity contribution is 0.387. The van der Waals surface area contributed by atoms with Crippen molar-refractivity contribution >= 4 is 5.95 Å². The van der Waals surface area contributed by atoms with Crippen LogP contribution in [-0.2, 0) is 0 Å². The Morgan fingerprint density at radius 3 is 2.86 bits per heavy atom. The minimum absolute atomic E-state index is 0.189. The monoisotopic (exact) mass is 291 g/mol. The Morgan fingerprint density at radius 2 is 2.14 bits per heavy atom. The summed E-state index contributed by atoms with van der Waals surface area (Å²) >= 11 is 0. The molecule has 1 aliphatic heterocycles. The van der Waals surface area contributed by atoms with Crippen LogP contribution in [0.15, 0.2) is 18.2 Å². The number of nitrogens with two attached hydrogens (primary N) is 1. The number of aromatic nitrogens is 3. The number of methoxy groups -OCH3 is 1. The predicted molar refractivity (Wildman–Crippen MR) is 77.8 cm³/mol. The van der Waals surface area contributed by atoms with E-state index in [1.165, 1.54) is 13.2 Å². The van der Waals surface area contributed by atoms with Crippen molar-refractivity contribution in [2.75, 3.05) is 25.1 Å². The molecule has 1 aromatic carbocycles. The summed E-state index contributed by atoms with van der Waals surface area (Å²) in [6.07, 6.45) is 1.88. The Bertz CT molecular complexity index is 622. The molecule has 1 aliphatic rings. The zero-order valence-electron chi connectivity index (χ0n) is 11.8. The van der Waals surface area contributed by atoms with E-state index in [1.54, 1.807) is 12.1 Å². The van der Waals surface area contributed by atoms with Crippen molar-refractivity contribution in [3.63, 3.8) is 0 Å². The number of anilines is 1. The maximum absolute atomic E-state index is 13.4. The lowest BCUT2D eigenvalue weighted by Crippen LogP contribution is -2.40. The number of H-pyrrole nitrogens is 1. The highest BCUT2D eigenvalue weighted by molar-refractivity contribution is 5.59. The number of hydrogen-bond donors (Lipinski definition) is 2. The first-order valence-corrected chi connectivity index (χ1v) is 6.94. The van der Waals surface area contributed by atoms with E-state index in [9.17, 15) is 4.39 Å². The molecule has 0 atom stereocenters. The van der Waals surface area contributed by atoms with Crippen molar-refractivity contribution in [3.05, 3.63) is 24.0 Å². The van der Waals surface area contributed by atoms with Crippen molar-refractivity contribution < 1.29 is 9.13 Å². The van der Waals surface area contributed by atoms with Gasteiger partial charge >= 0.3 is 0 Å². The molecule has 21 heavy (non-hydrogen) atoms. The fourth-order valence-corrected chi connectivity index (χ4v) is 2.43. The van der Waals surface area contributed by atoms with Crippen molar-refractivity contribution in [3.8, 4) is 17.1 Å². The van der Waals surface area contributed by atoms with Gasteiger partial charge in [-0.15, -0.1) is 5.10 Å². The highest BCUT2D eigenvalue weighted by Crippen LogP contribution is 2.25. The average molecular weight is 291 g/mol. The van der Waals surface area contributed by atoms with Crippen molar-refractivity contribution in [1.82, 2.24) is 15.2 Å². The summed E-state index contributed by atoms with van der Waals surface area (Å²) in [6.45, 7) is 1.70. The average Bonchev–Trinajstić information content (AvgIpc) is 2.98. The van der Waals surface area contributed by atoms with Gasteiger partial charge in [0.25, 0.3) is 0 Å². The van der Waals surface area contributed by atoms with Gasteiger partial charge in [0, 0.05) is 24.7 Å². The maximum Gasteiger partial charge on any atom is 0.245 e. The molecule has 1 saturated heterocycles. The first kappa shape index (κ1) is 13.8. The molecule has 0 unspecified atom stereocenters. The fourth-order valence-electron chi connectivity index (χ4n) is 2.43. The molecule has 0 aliphatic carbocycles. The molecule has 112 valence electrons. The molecule has 6 nitrogen and oxygen atoms in total. The summed E-state index contributed by atoms with van der Waals surface area (Å²) in [5.74, 6) is 1.04. The highest BCUT2D eigenvalue weighted by Gasteiger charge is 2.20. The van der Waals surface area contributed by atoms with Gasteiger partial charge in [-0.3, -0.25) is 5.10 Å².